The number of likely N-dealkylation sites (tertiary alicyclic amines) is 1. The number of hydrogen-bond acceptors (Lipinski definition) is 10. The number of anilines is 3. The molecule has 1 saturated heterocycles. The Bertz CT molecular complexity index is 1630. The fourth-order valence-electron chi connectivity index (χ4n) is 5.64. The van der Waals surface area contributed by atoms with Gasteiger partial charge in [0.05, 0.1) is 30.5 Å². The molecule has 0 radical (unpaired) electrons. The van der Waals surface area contributed by atoms with Crippen LogP contribution in [0.25, 0.3) is 11.3 Å². The highest BCUT2D eigenvalue weighted by Crippen LogP contribution is 2.38. The van der Waals surface area contributed by atoms with E-state index in [0.29, 0.717) is 46.4 Å². The van der Waals surface area contributed by atoms with Crippen LogP contribution in [-0.2, 0) is 25.4 Å². The zero-order chi connectivity index (χ0) is 34.6. The summed E-state index contributed by atoms with van der Waals surface area (Å²) in [5, 5.41) is 15.3. The number of carbonyl (C=O) groups is 2. The smallest absolute Gasteiger partial charge is 0.309 e. The summed E-state index contributed by atoms with van der Waals surface area (Å²) in [7, 11) is -2.13. The Morgan fingerprint density at radius 3 is 2.44 bits per heavy atom. The van der Waals surface area contributed by atoms with Gasteiger partial charge in [0.2, 0.25) is 5.91 Å². The predicted molar refractivity (Wildman–Crippen MR) is 186 cm³/mol. The summed E-state index contributed by atoms with van der Waals surface area (Å²) in [6.45, 7) is 14.9. The minimum absolute atomic E-state index is 0.0148. The summed E-state index contributed by atoms with van der Waals surface area (Å²) in [6, 6.07) is 7.94. The zero-order valence-electron chi connectivity index (χ0n) is 28.5. The zero-order valence-corrected chi connectivity index (χ0v) is 30.2. The second-order valence-corrected chi connectivity index (χ2v) is 19.3. The Morgan fingerprint density at radius 2 is 1.75 bits per heavy atom. The lowest BCUT2D eigenvalue weighted by Crippen LogP contribution is -2.51. The van der Waals surface area contributed by atoms with Gasteiger partial charge in [-0.1, -0.05) is 32.4 Å². The van der Waals surface area contributed by atoms with Crippen LogP contribution in [0.15, 0.2) is 36.7 Å². The van der Waals surface area contributed by atoms with Crippen LogP contribution in [-0.4, -0.2) is 71.0 Å². The summed E-state index contributed by atoms with van der Waals surface area (Å²) in [5.74, 6) is -0.0553. The van der Waals surface area contributed by atoms with E-state index in [9.17, 15) is 14.0 Å². The number of rotatable bonds is 11. The fraction of sp³-hybridized carbons (Fsp3) is 0.529. The molecule has 5 rings (SSSR count). The minimum Gasteiger partial charge on any atom is -0.466 e. The Balaban J connectivity index is 1.25. The van der Waals surface area contributed by atoms with Gasteiger partial charge in [-0.2, -0.15) is 5.10 Å². The number of nitrogens with one attached hydrogen (secondary N) is 2. The van der Waals surface area contributed by atoms with Crippen molar-refractivity contribution in [3.8, 4) is 11.3 Å². The largest absolute Gasteiger partial charge is 0.466 e. The molecule has 1 saturated carbocycles. The molecule has 2 aromatic heterocycles. The van der Waals surface area contributed by atoms with E-state index in [0.717, 1.165) is 38.8 Å². The molecule has 258 valence electrons. The number of esters is 1. The lowest BCUT2D eigenvalue weighted by Gasteiger charge is -2.44. The van der Waals surface area contributed by atoms with Gasteiger partial charge in [-0.25, -0.2) is 14.4 Å². The first-order chi connectivity index (χ1) is 22.7. The number of amides is 1. The molecule has 48 heavy (non-hydrogen) atoms. The van der Waals surface area contributed by atoms with Gasteiger partial charge in [0.15, 0.2) is 8.32 Å². The molecule has 1 amide bonds. The van der Waals surface area contributed by atoms with Crippen molar-refractivity contribution >= 4 is 49.1 Å². The summed E-state index contributed by atoms with van der Waals surface area (Å²) >= 11 is 6.16. The lowest BCUT2D eigenvalue weighted by molar-refractivity contribution is -0.150. The van der Waals surface area contributed by atoms with Crippen molar-refractivity contribution in [1.29, 1.82) is 0 Å². The van der Waals surface area contributed by atoms with Crippen LogP contribution in [0.2, 0.25) is 23.2 Å². The van der Waals surface area contributed by atoms with Crippen molar-refractivity contribution in [3.05, 3.63) is 53.2 Å². The normalized spacial score (nSPS) is 19.0. The number of ether oxygens (including phenoxy) is 1. The van der Waals surface area contributed by atoms with Gasteiger partial charge in [0.25, 0.3) is 0 Å². The predicted octanol–water partition coefficient (Wildman–Crippen LogP) is 6.98. The maximum atomic E-state index is 14.8. The van der Waals surface area contributed by atoms with E-state index in [-0.39, 0.29) is 40.9 Å². The Kier molecular flexibility index (Phi) is 11.1. The standard InChI is InChI=1S/C34H45ClFN7O4Si/c1-7-46-33(45)21-10-12-43(13-11-21)24-14-22(15-24)32(44)40-31-18-30(37-20-38-31)39-28-17-27(25-16-23(35)8-9-26(25)36)41-42-29(28)19-47-48(5,6)34(2,3)4/h8-9,16-18,20-22,24H,7,10-15,19H2,1-6H3,(H2,37,38,39,40,41,44). The van der Waals surface area contributed by atoms with Gasteiger partial charge in [-0.3, -0.25) is 9.59 Å². The van der Waals surface area contributed by atoms with E-state index in [1.165, 1.54) is 24.5 Å². The number of aromatic nitrogens is 4. The minimum atomic E-state index is -2.13. The second-order valence-electron chi connectivity index (χ2n) is 14.1. The van der Waals surface area contributed by atoms with Crippen molar-refractivity contribution in [2.45, 2.75) is 84.2 Å². The second kappa shape index (κ2) is 14.9. The number of nitrogens with zero attached hydrogens (tertiary/aromatic N) is 5. The van der Waals surface area contributed by atoms with Crippen LogP contribution in [0.1, 0.15) is 59.1 Å². The number of piperidine rings is 1. The number of halogens is 2. The first kappa shape index (κ1) is 35.8. The van der Waals surface area contributed by atoms with E-state index in [4.69, 9.17) is 20.8 Å². The van der Waals surface area contributed by atoms with Gasteiger partial charge in [-0.05, 0) is 88.1 Å². The number of hydrogen-bond donors (Lipinski definition) is 2. The monoisotopic (exact) mass is 697 g/mol. The average molecular weight is 698 g/mol. The van der Waals surface area contributed by atoms with Gasteiger partial charge in [0, 0.05) is 28.6 Å². The van der Waals surface area contributed by atoms with Gasteiger partial charge in [0.1, 0.15) is 29.5 Å². The molecule has 1 aromatic carbocycles. The van der Waals surface area contributed by atoms with E-state index >= 15 is 0 Å². The van der Waals surface area contributed by atoms with Gasteiger partial charge in [-0.15, -0.1) is 5.10 Å². The molecule has 2 aliphatic rings. The molecular formula is C34H45ClFN7O4Si. The maximum Gasteiger partial charge on any atom is 0.309 e. The van der Waals surface area contributed by atoms with E-state index in [1.807, 2.05) is 6.92 Å². The Labute approximate surface area is 287 Å². The highest BCUT2D eigenvalue weighted by molar-refractivity contribution is 6.74. The molecule has 3 aromatic rings. The maximum absolute atomic E-state index is 14.8. The summed E-state index contributed by atoms with van der Waals surface area (Å²) < 4.78 is 26.4. The average Bonchev–Trinajstić information content (AvgIpc) is 3.01. The molecule has 0 bridgehead atoms. The number of carbonyl (C=O) groups excluding carboxylic acids is 2. The topological polar surface area (TPSA) is 131 Å². The van der Waals surface area contributed by atoms with Gasteiger partial charge >= 0.3 is 5.97 Å². The fourth-order valence-corrected chi connectivity index (χ4v) is 6.75. The Hall–Kier alpha value is -3.52. The molecule has 0 unspecified atom stereocenters. The SMILES string of the molecule is CCOC(=O)C1CCN(C2CC(C(=O)Nc3cc(Nc4cc(-c5cc(Cl)ccc5F)nnc4CO[Si](C)(C)C(C)(C)C)ncn3)C2)CC1. The molecule has 2 N–H and O–H groups in total. The quantitative estimate of drug-likeness (QED) is 0.160. The first-order valence-corrected chi connectivity index (χ1v) is 19.8. The molecule has 1 aliphatic heterocycles. The van der Waals surface area contributed by atoms with Crippen LogP contribution in [0.3, 0.4) is 0 Å². The highest BCUT2D eigenvalue weighted by Gasteiger charge is 2.40. The molecule has 3 heterocycles. The van der Waals surface area contributed by atoms with E-state index in [2.05, 4.69) is 69.6 Å². The third-order valence-electron chi connectivity index (χ3n) is 9.78. The van der Waals surface area contributed by atoms with Gasteiger partial charge < -0.3 is 24.7 Å². The summed E-state index contributed by atoms with van der Waals surface area (Å²) in [6.07, 6.45) is 4.46. The van der Waals surface area contributed by atoms with Crippen molar-refractivity contribution in [3.63, 3.8) is 0 Å². The van der Waals surface area contributed by atoms with Crippen LogP contribution < -0.4 is 10.6 Å². The van der Waals surface area contributed by atoms with Crippen LogP contribution in [0.5, 0.6) is 0 Å². The van der Waals surface area contributed by atoms with Crippen LogP contribution in [0, 0.1) is 17.7 Å². The summed E-state index contributed by atoms with van der Waals surface area (Å²) in [5.41, 5.74) is 1.57. The van der Waals surface area contributed by atoms with Crippen molar-refractivity contribution < 1.29 is 23.1 Å². The third kappa shape index (κ3) is 8.54. The molecule has 11 nitrogen and oxygen atoms in total. The first-order valence-electron chi connectivity index (χ1n) is 16.5. The van der Waals surface area contributed by atoms with Crippen molar-refractivity contribution in [2.24, 2.45) is 11.8 Å². The molecule has 14 heteroatoms. The van der Waals surface area contributed by atoms with Crippen molar-refractivity contribution in [1.82, 2.24) is 25.1 Å². The molecular weight excluding hydrogens is 653 g/mol. The Morgan fingerprint density at radius 1 is 1.04 bits per heavy atom. The van der Waals surface area contributed by atoms with E-state index in [1.54, 1.807) is 12.1 Å². The van der Waals surface area contributed by atoms with Crippen molar-refractivity contribution in [2.75, 3.05) is 30.3 Å². The van der Waals surface area contributed by atoms with Crippen LogP contribution >= 0.6 is 11.6 Å². The summed E-state index contributed by atoms with van der Waals surface area (Å²) in [4.78, 5) is 36.2. The van der Waals surface area contributed by atoms with E-state index < -0.39 is 14.1 Å². The highest BCUT2D eigenvalue weighted by atomic mass is 35.5. The molecule has 0 spiro atoms. The molecule has 0 atom stereocenters. The van der Waals surface area contributed by atoms with Crippen LogP contribution in [0.4, 0.5) is 21.7 Å². The molecule has 2 fully saturated rings. The number of benzene rings is 1. The third-order valence-corrected chi connectivity index (χ3v) is 14.5. The molecule has 1 aliphatic carbocycles. The lowest BCUT2D eigenvalue weighted by atomic mass is 9.77.